The number of esters is 1. The lowest BCUT2D eigenvalue weighted by atomic mass is 9.93. The van der Waals surface area contributed by atoms with Gasteiger partial charge in [-0.1, -0.05) is 166 Å². The van der Waals surface area contributed by atoms with E-state index < -0.39 is 0 Å². The average molecular weight is 907 g/mol. The van der Waals surface area contributed by atoms with E-state index in [1.807, 2.05) is 17.8 Å². The van der Waals surface area contributed by atoms with Crippen LogP contribution in [0.5, 0.6) is 0 Å². The van der Waals surface area contributed by atoms with Crippen molar-refractivity contribution < 1.29 is 28.5 Å². The molecule has 0 radical (unpaired) electrons. The molecule has 1 aliphatic rings. The van der Waals surface area contributed by atoms with Crippen LogP contribution in [-0.4, -0.2) is 60.6 Å². The molecule has 1 aromatic rings. The van der Waals surface area contributed by atoms with E-state index in [1.165, 1.54) is 128 Å². The Hall–Kier alpha value is -3.23. The van der Waals surface area contributed by atoms with Crippen molar-refractivity contribution in [1.82, 2.24) is 9.55 Å². The fourth-order valence-electron chi connectivity index (χ4n) is 8.13. The maximum atomic E-state index is 12.1. The maximum Gasteiger partial charge on any atom is 0.312 e. The molecule has 1 aliphatic carbocycles. The number of ether oxygens (including phenoxy) is 4. The van der Waals surface area contributed by atoms with E-state index in [2.05, 4.69) is 93.4 Å². The van der Waals surface area contributed by atoms with Crippen molar-refractivity contribution in [3.8, 4) is 0 Å². The molecule has 0 spiro atoms. The second-order valence-electron chi connectivity index (χ2n) is 18.2. The molecule has 1 fully saturated rings. The van der Waals surface area contributed by atoms with Gasteiger partial charge in [-0.3, -0.25) is 9.59 Å². The highest BCUT2D eigenvalue weighted by atomic mass is 16.6. The lowest BCUT2D eigenvalue weighted by Crippen LogP contribution is -2.26. The van der Waals surface area contributed by atoms with E-state index in [0.717, 1.165) is 63.7 Å². The molecule has 0 aromatic carbocycles. The molecule has 0 amide bonds. The number of allylic oxidation sites excluding steroid dienone is 10. The summed E-state index contributed by atoms with van der Waals surface area (Å²) in [4.78, 5) is 26.9. The van der Waals surface area contributed by atoms with Crippen LogP contribution in [0.1, 0.15) is 213 Å². The maximum absolute atomic E-state index is 12.1. The highest BCUT2D eigenvalue weighted by Gasteiger charge is 2.35. The first kappa shape index (κ1) is 59.8. The molecule has 0 bridgehead atoms. The van der Waals surface area contributed by atoms with Crippen LogP contribution in [-0.2, 0) is 42.0 Å². The minimum absolute atomic E-state index is 0.0673. The molecule has 0 N–H and O–H groups in total. The van der Waals surface area contributed by atoms with Gasteiger partial charge in [0.05, 0.1) is 25.0 Å². The summed E-state index contributed by atoms with van der Waals surface area (Å²) in [5, 5.41) is 0. The molecule has 4 atom stereocenters. The van der Waals surface area contributed by atoms with Gasteiger partial charge in [-0.2, -0.15) is 0 Å². The van der Waals surface area contributed by atoms with Gasteiger partial charge in [0.25, 0.3) is 6.47 Å². The number of imidazole rings is 1. The molecule has 1 aromatic heterocycles. The number of rotatable bonds is 42. The predicted molar refractivity (Wildman–Crippen MR) is 274 cm³/mol. The molecule has 4 unspecified atom stereocenters. The van der Waals surface area contributed by atoms with Crippen molar-refractivity contribution in [2.75, 3.05) is 26.4 Å². The summed E-state index contributed by atoms with van der Waals surface area (Å²) >= 11 is 0. The predicted octanol–water partition coefficient (Wildman–Crippen LogP) is 15.5. The second-order valence-corrected chi connectivity index (χ2v) is 18.2. The van der Waals surface area contributed by atoms with Gasteiger partial charge in [0, 0.05) is 32.4 Å². The first-order chi connectivity index (χ1) is 31.9. The summed E-state index contributed by atoms with van der Waals surface area (Å²) in [6, 6.07) is 0. The van der Waals surface area contributed by atoms with Crippen molar-refractivity contribution in [3.63, 3.8) is 0 Å². The fourth-order valence-corrected chi connectivity index (χ4v) is 8.13. The first-order valence-electron chi connectivity index (χ1n) is 26.6. The number of hydrogen-bond donors (Lipinski definition) is 0. The average Bonchev–Trinajstić information content (AvgIpc) is 3.88. The highest BCUT2D eigenvalue weighted by Crippen LogP contribution is 2.36. The zero-order chi connectivity index (χ0) is 47.1. The molecule has 65 heavy (non-hydrogen) atoms. The van der Waals surface area contributed by atoms with Crippen molar-refractivity contribution in [2.24, 2.45) is 18.9 Å². The number of nitrogens with zero attached hydrogens (tertiary/aromatic N) is 2. The van der Waals surface area contributed by atoms with Gasteiger partial charge in [-0.15, -0.1) is 0 Å². The summed E-state index contributed by atoms with van der Waals surface area (Å²) in [5.41, 5.74) is 0.774. The van der Waals surface area contributed by atoms with Gasteiger partial charge in [0.15, 0.2) is 0 Å². The number of hydrogen-bond acceptors (Lipinski definition) is 7. The smallest absolute Gasteiger partial charge is 0.312 e. The Labute approximate surface area is 399 Å². The zero-order valence-corrected chi connectivity index (χ0v) is 42.5. The van der Waals surface area contributed by atoms with E-state index >= 15 is 0 Å². The molecule has 8 heteroatoms. The van der Waals surface area contributed by atoms with Gasteiger partial charge in [0.1, 0.15) is 18.8 Å². The van der Waals surface area contributed by atoms with E-state index in [9.17, 15) is 9.59 Å². The molecule has 0 saturated heterocycles. The van der Waals surface area contributed by atoms with Crippen molar-refractivity contribution in [2.45, 2.75) is 226 Å². The van der Waals surface area contributed by atoms with E-state index in [0.29, 0.717) is 31.5 Å². The Morgan fingerprint density at radius 3 is 1.74 bits per heavy atom. The second kappa shape index (κ2) is 45.9. The minimum atomic E-state index is -0.164. The van der Waals surface area contributed by atoms with Crippen LogP contribution < -0.4 is 0 Å². The third kappa shape index (κ3) is 37.5. The minimum Gasteiger partial charge on any atom is -0.465 e. The van der Waals surface area contributed by atoms with E-state index in [1.54, 1.807) is 6.33 Å². The molecule has 0 aliphatic heterocycles. The third-order valence-corrected chi connectivity index (χ3v) is 12.1. The summed E-state index contributed by atoms with van der Waals surface area (Å²) in [7, 11) is 1.90. The number of aromatic nitrogens is 2. The number of carbonyl (C=O) groups excluding carboxylic acids is 2. The van der Waals surface area contributed by atoms with Crippen LogP contribution in [0.25, 0.3) is 0 Å². The molecule has 2 rings (SSSR count). The Morgan fingerprint density at radius 1 is 0.677 bits per heavy atom. The zero-order valence-electron chi connectivity index (χ0n) is 42.5. The Bertz CT molecular complexity index is 1360. The highest BCUT2D eigenvalue weighted by molar-refractivity contribution is 5.72. The Kier molecular flexibility index (Phi) is 42.2. The SMILES string of the molecule is CC/C=C\CC1C(C)CCC1OC(=O)Cc1cn(C)cn1.CCCCC/C=C\C/C=C\CCCCCCCCOCC(COC=O)OCCCCCCCC/C=C\C/C=C\CCCCC. The van der Waals surface area contributed by atoms with E-state index in [-0.39, 0.29) is 31.2 Å². The topological polar surface area (TPSA) is 88.9 Å². The Balaban J connectivity index is 0.000000828. The molecule has 8 nitrogen and oxygen atoms in total. The summed E-state index contributed by atoms with van der Waals surface area (Å²) < 4.78 is 24.3. The largest absolute Gasteiger partial charge is 0.465 e. The normalized spacial score (nSPS) is 17.0. The Morgan fingerprint density at radius 2 is 1.22 bits per heavy atom. The monoisotopic (exact) mass is 907 g/mol. The van der Waals surface area contributed by atoms with Crippen LogP contribution >= 0.6 is 0 Å². The van der Waals surface area contributed by atoms with E-state index in [4.69, 9.17) is 18.9 Å². The van der Waals surface area contributed by atoms with Crippen molar-refractivity contribution in [3.05, 3.63) is 79.0 Å². The fraction of sp³-hybridized carbons (Fsp3) is 0.737. The first-order valence-corrected chi connectivity index (χ1v) is 26.6. The van der Waals surface area contributed by atoms with Crippen LogP contribution in [0.4, 0.5) is 0 Å². The van der Waals surface area contributed by atoms with Gasteiger partial charge in [-0.05, 0) is 109 Å². The molecule has 372 valence electrons. The summed E-state index contributed by atoms with van der Waals surface area (Å²) in [5.74, 6) is 0.928. The quantitative estimate of drug-likeness (QED) is 0.0279. The van der Waals surface area contributed by atoms with Crippen molar-refractivity contribution >= 4 is 12.4 Å². The lowest BCUT2D eigenvalue weighted by molar-refractivity contribution is -0.150. The molecular formula is C57H98N2O6. The lowest BCUT2D eigenvalue weighted by Gasteiger charge is -2.21. The number of unbranched alkanes of at least 4 members (excludes halogenated alkanes) is 18. The molecule has 1 heterocycles. The van der Waals surface area contributed by atoms with Gasteiger partial charge >= 0.3 is 5.97 Å². The summed E-state index contributed by atoms with van der Waals surface area (Å²) in [6.45, 7) is 11.6. The molecule has 1 saturated carbocycles. The molecular weight excluding hydrogens is 809 g/mol. The van der Waals surface area contributed by atoms with Gasteiger partial charge < -0.3 is 23.5 Å². The van der Waals surface area contributed by atoms with Gasteiger partial charge in [-0.25, -0.2) is 4.98 Å². The standard InChI is InChI=1S/C40H72O4.C17H26N2O2/c1-3-5-7-9-11-13-15-17-19-21-23-25-27-29-31-33-35-42-37-40(38-43-39-41)44-36-34-32-30-28-26-24-22-20-18-16-14-12-10-8-6-4-2;1-4-5-6-7-15-13(2)8-9-16(15)21-17(20)10-14-11-19(3)12-18-14/h11-14,17-20,39-40H,3-10,15-16,21-38H2,1-2H3;5-6,11-13,15-16H,4,7-10H2,1-3H3/b13-11-,14-12-,19-17-,20-18-;6-5-. The number of carbonyl (C=O) groups is 2. The van der Waals surface area contributed by atoms with Gasteiger partial charge in [0.2, 0.25) is 0 Å². The number of aryl methyl sites for hydroxylation is 1. The van der Waals surface area contributed by atoms with Crippen LogP contribution in [0.2, 0.25) is 0 Å². The van der Waals surface area contributed by atoms with Crippen molar-refractivity contribution in [1.29, 1.82) is 0 Å². The van der Waals surface area contributed by atoms with Crippen LogP contribution in [0.3, 0.4) is 0 Å². The van der Waals surface area contributed by atoms with Crippen LogP contribution in [0, 0.1) is 11.8 Å². The third-order valence-electron chi connectivity index (χ3n) is 12.1. The summed E-state index contributed by atoms with van der Waals surface area (Å²) in [6.07, 6.45) is 60.7. The van der Waals surface area contributed by atoms with Crippen LogP contribution in [0.15, 0.2) is 73.3 Å².